The van der Waals surface area contributed by atoms with E-state index in [1.54, 1.807) is 24.9 Å². The molecule has 0 saturated carbocycles. The van der Waals surface area contributed by atoms with Crippen LogP contribution in [0, 0.1) is 5.41 Å². The minimum Gasteiger partial charge on any atom is -0.462 e. The van der Waals surface area contributed by atoms with Crippen molar-refractivity contribution >= 4 is 28.9 Å². The van der Waals surface area contributed by atoms with Gasteiger partial charge in [0.2, 0.25) is 6.20 Å². The number of esters is 1. The van der Waals surface area contributed by atoms with E-state index in [-0.39, 0.29) is 12.2 Å². The van der Waals surface area contributed by atoms with E-state index in [4.69, 9.17) is 10.1 Å². The first-order valence-corrected chi connectivity index (χ1v) is 4.76. The maximum atomic E-state index is 11.3. The van der Waals surface area contributed by atoms with Crippen LogP contribution in [0.5, 0.6) is 0 Å². The van der Waals surface area contributed by atoms with E-state index in [1.807, 2.05) is 0 Å². The Morgan fingerprint density at radius 3 is 3.00 bits per heavy atom. The Balaban J connectivity index is 2.94. The Kier molecular flexibility index (Phi) is 3.50. The maximum Gasteiger partial charge on any atom is 0.349 e. The Hall–Kier alpha value is -1.52. The zero-order valence-corrected chi connectivity index (χ0v) is 8.72. The van der Waals surface area contributed by atoms with Gasteiger partial charge in [-0.15, -0.1) is 0 Å². The van der Waals surface area contributed by atoms with Gasteiger partial charge < -0.3 is 4.74 Å². The summed E-state index contributed by atoms with van der Waals surface area (Å²) in [4.78, 5) is 11.9. The lowest BCUT2D eigenvalue weighted by molar-refractivity contribution is -0.722. The second kappa shape index (κ2) is 4.64. The first kappa shape index (κ1) is 10.6. The van der Waals surface area contributed by atoms with Crippen molar-refractivity contribution in [1.82, 2.24) is 4.49 Å². The highest BCUT2D eigenvalue weighted by molar-refractivity contribution is 7.07. The summed E-state index contributed by atoms with van der Waals surface area (Å²) in [5, 5.41) is 7.00. The average molecular weight is 212 g/mol. The largest absolute Gasteiger partial charge is 0.462 e. The molecule has 0 saturated heterocycles. The summed E-state index contributed by atoms with van der Waals surface area (Å²) in [7, 11) is 1.74. The fourth-order valence-electron chi connectivity index (χ4n) is 0.852. The van der Waals surface area contributed by atoms with Gasteiger partial charge >= 0.3 is 5.97 Å². The van der Waals surface area contributed by atoms with Crippen LogP contribution in [0.4, 0.5) is 0 Å². The highest BCUT2D eigenvalue weighted by Gasteiger charge is 2.19. The summed E-state index contributed by atoms with van der Waals surface area (Å²) >= 11 is 1.13. The van der Waals surface area contributed by atoms with Crippen molar-refractivity contribution in [3.05, 3.63) is 11.1 Å². The molecule has 0 spiro atoms. The van der Waals surface area contributed by atoms with Crippen molar-refractivity contribution in [2.75, 3.05) is 6.61 Å². The lowest BCUT2D eigenvalue weighted by atomic mass is 10.3. The number of nitrogens with one attached hydrogen (secondary N) is 1. The van der Waals surface area contributed by atoms with E-state index in [9.17, 15) is 4.79 Å². The van der Waals surface area contributed by atoms with E-state index in [1.165, 1.54) is 0 Å². The van der Waals surface area contributed by atoms with Gasteiger partial charge in [0.25, 0.3) is 0 Å². The molecule has 0 aliphatic rings. The van der Waals surface area contributed by atoms with Crippen LogP contribution < -0.4 is 4.68 Å². The molecule has 5 nitrogen and oxygen atoms in total. The SMILES string of the molecule is CCOC(=O)C(=C=N)c1c[n+](C)ns1. The molecular formula is C8H10N3O2S+. The molecule has 0 unspecified atom stereocenters. The second-order valence-electron chi connectivity index (χ2n) is 2.46. The molecule has 14 heavy (non-hydrogen) atoms. The van der Waals surface area contributed by atoms with Gasteiger partial charge in [0.15, 0.2) is 7.05 Å². The van der Waals surface area contributed by atoms with Gasteiger partial charge in [-0.3, -0.25) is 5.41 Å². The molecule has 6 heteroatoms. The van der Waals surface area contributed by atoms with Gasteiger partial charge in [0, 0.05) is 11.5 Å². The Morgan fingerprint density at radius 1 is 1.86 bits per heavy atom. The monoisotopic (exact) mass is 212 g/mol. The summed E-state index contributed by atoms with van der Waals surface area (Å²) in [5.74, 6) is 1.53. The fraction of sp³-hybridized carbons (Fsp3) is 0.375. The Morgan fingerprint density at radius 2 is 2.57 bits per heavy atom. The first-order chi connectivity index (χ1) is 6.69. The molecule has 1 aromatic heterocycles. The summed E-state index contributed by atoms with van der Waals surface area (Å²) in [6, 6.07) is 0. The highest BCUT2D eigenvalue weighted by Crippen LogP contribution is 2.14. The van der Waals surface area contributed by atoms with Crippen LogP contribution in [-0.4, -0.2) is 22.9 Å². The number of aromatic nitrogens is 2. The van der Waals surface area contributed by atoms with Crippen molar-refractivity contribution in [2.45, 2.75) is 6.92 Å². The molecule has 0 radical (unpaired) electrons. The number of aryl methyl sites for hydroxylation is 1. The number of hydrogen-bond donors (Lipinski definition) is 1. The molecule has 74 valence electrons. The van der Waals surface area contributed by atoms with Gasteiger partial charge in [0.1, 0.15) is 10.5 Å². The van der Waals surface area contributed by atoms with Gasteiger partial charge in [-0.25, -0.2) is 4.79 Å². The number of carbonyl (C=O) groups is 1. The van der Waals surface area contributed by atoms with Gasteiger partial charge in [-0.2, -0.15) is 0 Å². The molecule has 0 aliphatic heterocycles. The van der Waals surface area contributed by atoms with E-state index >= 15 is 0 Å². The lowest BCUT2D eigenvalue weighted by Crippen LogP contribution is -2.27. The third-order valence-corrected chi connectivity index (χ3v) is 2.27. The Bertz CT molecular complexity index is 393. The van der Waals surface area contributed by atoms with Crippen LogP contribution >= 0.6 is 11.5 Å². The highest BCUT2D eigenvalue weighted by atomic mass is 32.1. The van der Waals surface area contributed by atoms with Crippen LogP contribution in [0.15, 0.2) is 6.20 Å². The van der Waals surface area contributed by atoms with Gasteiger partial charge in [-0.1, -0.05) is 4.68 Å². The molecule has 1 aromatic rings. The van der Waals surface area contributed by atoms with Crippen LogP contribution in [0.2, 0.25) is 0 Å². The molecule has 0 amide bonds. The molecule has 1 heterocycles. The number of ether oxygens (including phenoxy) is 1. The van der Waals surface area contributed by atoms with Crippen molar-refractivity contribution in [3.8, 4) is 0 Å². The van der Waals surface area contributed by atoms with Crippen molar-refractivity contribution < 1.29 is 14.2 Å². The predicted molar refractivity (Wildman–Crippen MR) is 51.1 cm³/mol. The molecule has 0 bridgehead atoms. The topological polar surface area (TPSA) is 66.9 Å². The maximum absolute atomic E-state index is 11.3. The summed E-state index contributed by atoms with van der Waals surface area (Å²) in [6.07, 6.45) is 1.65. The summed E-state index contributed by atoms with van der Waals surface area (Å²) in [6.45, 7) is 2.00. The van der Waals surface area contributed by atoms with E-state index in [0.29, 0.717) is 4.88 Å². The predicted octanol–water partition coefficient (Wildman–Crippen LogP) is 0.163. The summed E-state index contributed by atoms with van der Waals surface area (Å²) in [5.41, 5.74) is 0.116. The van der Waals surface area contributed by atoms with E-state index in [2.05, 4.69) is 10.4 Å². The minimum atomic E-state index is -0.535. The molecule has 0 atom stereocenters. The van der Waals surface area contributed by atoms with E-state index < -0.39 is 5.97 Å². The molecular weight excluding hydrogens is 202 g/mol. The number of nitrogens with zero attached hydrogens (tertiary/aromatic N) is 2. The van der Waals surface area contributed by atoms with Crippen LogP contribution in [-0.2, 0) is 16.6 Å². The number of rotatable bonds is 3. The van der Waals surface area contributed by atoms with Gasteiger partial charge in [0.05, 0.1) is 11.1 Å². The molecule has 0 aromatic carbocycles. The molecule has 0 fully saturated rings. The van der Waals surface area contributed by atoms with Crippen molar-refractivity contribution in [2.24, 2.45) is 7.05 Å². The van der Waals surface area contributed by atoms with E-state index in [0.717, 1.165) is 11.5 Å². The quantitative estimate of drug-likeness (QED) is 0.336. The minimum absolute atomic E-state index is 0.116. The van der Waals surface area contributed by atoms with Crippen LogP contribution in [0.3, 0.4) is 0 Å². The smallest absolute Gasteiger partial charge is 0.349 e. The van der Waals surface area contributed by atoms with Crippen LogP contribution in [0.25, 0.3) is 5.57 Å². The summed E-state index contributed by atoms with van der Waals surface area (Å²) < 4.78 is 10.3. The third-order valence-electron chi connectivity index (χ3n) is 1.42. The lowest BCUT2D eigenvalue weighted by Gasteiger charge is -1.98. The van der Waals surface area contributed by atoms with Crippen molar-refractivity contribution in [1.29, 1.82) is 5.41 Å². The number of hydrogen-bond acceptors (Lipinski definition) is 5. The normalized spacial score (nSPS) is 9.29. The molecule has 1 rings (SSSR count). The number of carbonyl (C=O) groups excluding carboxylic acids is 1. The second-order valence-corrected chi connectivity index (χ2v) is 3.25. The van der Waals surface area contributed by atoms with Gasteiger partial charge in [-0.05, 0) is 12.8 Å². The zero-order chi connectivity index (χ0) is 10.6. The fourth-order valence-corrected chi connectivity index (χ4v) is 1.54. The average Bonchev–Trinajstić information content (AvgIpc) is 2.54. The third kappa shape index (κ3) is 2.25. The van der Waals surface area contributed by atoms with Crippen molar-refractivity contribution in [3.63, 3.8) is 0 Å². The van der Waals surface area contributed by atoms with Crippen LogP contribution in [0.1, 0.15) is 11.8 Å². The first-order valence-electron chi connectivity index (χ1n) is 3.98. The molecule has 1 N–H and O–H groups in total. The Labute approximate surface area is 85.3 Å². The standard InChI is InChI=1S/C8H10N3O2S/c1-3-13-8(12)6(4-9)7-5-11(2)10-14-7/h5,9H,3H2,1-2H3/q+1. The molecule has 0 aliphatic carbocycles. The zero-order valence-electron chi connectivity index (χ0n) is 7.90.